The summed E-state index contributed by atoms with van der Waals surface area (Å²) >= 11 is 0. The molecule has 116 valence electrons. The van der Waals surface area contributed by atoms with E-state index in [-0.39, 0.29) is 0 Å². The highest BCUT2D eigenvalue weighted by atomic mass is 15.2. The van der Waals surface area contributed by atoms with Gasteiger partial charge < -0.3 is 10.2 Å². The van der Waals surface area contributed by atoms with Crippen molar-refractivity contribution in [2.45, 2.75) is 90.3 Å². The van der Waals surface area contributed by atoms with Gasteiger partial charge in [0.1, 0.15) is 0 Å². The highest BCUT2D eigenvalue weighted by Gasteiger charge is 2.33. The van der Waals surface area contributed by atoms with Crippen LogP contribution in [-0.2, 0) is 0 Å². The van der Waals surface area contributed by atoms with E-state index in [1.807, 2.05) is 0 Å². The lowest BCUT2D eigenvalue weighted by Crippen LogP contribution is -2.48. The van der Waals surface area contributed by atoms with Crippen LogP contribution in [0.2, 0.25) is 0 Å². The van der Waals surface area contributed by atoms with Gasteiger partial charge in [-0.05, 0) is 75.8 Å². The number of nitrogens with zero attached hydrogens (tertiary/aromatic N) is 1. The molecule has 2 aliphatic carbocycles. The number of hydrogen-bond acceptors (Lipinski definition) is 2. The summed E-state index contributed by atoms with van der Waals surface area (Å²) in [4.78, 5) is 2.73. The quantitative estimate of drug-likeness (QED) is 0.844. The molecule has 1 saturated heterocycles. The molecule has 3 fully saturated rings. The molecule has 0 bridgehead atoms. The first kappa shape index (κ1) is 14.8. The Labute approximate surface area is 125 Å². The lowest BCUT2D eigenvalue weighted by molar-refractivity contribution is 0.140. The molecule has 0 aromatic rings. The van der Waals surface area contributed by atoms with Crippen molar-refractivity contribution in [3.05, 3.63) is 0 Å². The Kier molecular flexibility index (Phi) is 4.42. The summed E-state index contributed by atoms with van der Waals surface area (Å²) in [5.41, 5.74) is 0.514. The summed E-state index contributed by atoms with van der Waals surface area (Å²) in [5.74, 6) is 0.942. The van der Waals surface area contributed by atoms with E-state index in [1.165, 1.54) is 64.5 Å². The molecule has 0 aromatic heterocycles. The van der Waals surface area contributed by atoms with Crippen molar-refractivity contribution in [3.8, 4) is 0 Å². The smallest absolute Gasteiger partial charge is 0.00964 e. The van der Waals surface area contributed by atoms with Crippen molar-refractivity contribution < 1.29 is 0 Å². The zero-order chi connectivity index (χ0) is 14.2. The molecular formula is C18H34N2. The van der Waals surface area contributed by atoms with E-state index in [0.29, 0.717) is 5.41 Å². The molecule has 1 heterocycles. The second-order valence-electron chi connectivity index (χ2n) is 8.62. The third-order valence-electron chi connectivity index (χ3n) is 6.02. The Hall–Kier alpha value is -0.0800. The molecule has 1 N–H and O–H groups in total. The minimum Gasteiger partial charge on any atom is -0.311 e. The van der Waals surface area contributed by atoms with Gasteiger partial charge in [0.15, 0.2) is 0 Å². The van der Waals surface area contributed by atoms with E-state index in [9.17, 15) is 0 Å². The molecule has 2 heteroatoms. The monoisotopic (exact) mass is 278 g/mol. The van der Waals surface area contributed by atoms with Crippen LogP contribution in [0.15, 0.2) is 0 Å². The Morgan fingerprint density at radius 2 is 1.30 bits per heavy atom. The van der Waals surface area contributed by atoms with E-state index < -0.39 is 0 Å². The zero-order valence-corrected chi connectivity index (χ0v) is 13.8. The Morgan fingerprint density at radius 1 is 0.750 bits per heavy atom. The second kappa shape index (κ2) is 5.96. The predicted molar refractivity (Wildman–Crippen MR) is 86.0 cm³/mol. The molecular weight excluding hydrogens is 244 g/mol. The molecule has 2 saturated carbocycles. The lowest BCUT2D eigenvalue weighted by atomic mass is 9.71. The summed E-state index contributed by atoms with van der Waals surface area (Å²) in [6.07, 6.45) is 11.4. The minimum absolute atomic E-state index is 0.514. The average molecular weight is 278 g/mol. The first-order chi connectivity index (χ1) is 9.52. The third kappa shape index (κ3) is 3.76. The van der Waals surface area contributed by atoms with Crippen molar-refractivity contribution in [2.75, 3.05) is 13.1 Å². The molecule has 0 radical (unpaired) electrons. The minimum atomic E-state index is 0.514. The average Bonchev–Trinajstić information content (AvgIpc) is 3.24. The van der Waals surface area contributed by atoms with Gasteiger partial charge in [0.25, 0.3) is 0 Å². The van der Waals surface area contributed by atoms with Gasteiger partial charge in [-0.25, -0.2) is 0 Å². The molecule has 3 aliphatic rings. The molecule has 3 rings (SSSR count). The van der Waals surface area contributed by atoms with Gasteiger partial charge in [-0.1, -0.05) is 20.8 Å². The third-order valence-corrected chi connectivity index (χ3v) is 6.02. The number of piperidine rings is 1. The van der Waals surface area contributed by atoms with Crippen molar-refractivity contribution in [3.63, 3.8) is 0 Å². The van der Waals surface area contributed by atoms with Crippen LogP contribution < -0.4 is 5.32 Å². The molecule has 0 atom stereocenters. The fourth-order valence-electron chi connectivity index (χ4n) is 4.33. The van der Waals surface area contributed by atoms with Crippen LogP contribution >= 0.6 is 0 Å². The van der Waals surface area contributed by atoms with Crippen LogP contribution in [-0.4, -0.2) is 36.1 Å². The predicted octanol–water partition coefficient (Wildman–Crippen LogP) is 3.81. The van der Waals surface area contributed by atoms with Crippen LogP contribution in [0.5, 0.6) is 0 Å². The van der Waals surface area contributed by atoms with Crippen LogP contribution in [0.3, 0.4) is 0 Å². The highest BCUT2D eigenvalue weighted by Crippen LogP contribution is 2.38. The van der Waals surface area contributed by atoms with Gasteiger partial charge >= 0.3 is 0 Å². The molecule has 0 amide bonds. The van der Waals surface area contributed by atoms with Crippen molar-refractivity contribution >= 4 is 0 Å². The van der Waals surface area contributed by atoms with Gasteiger partial charge in [-0.15, -0.1) is 0 Å². The standard InChI is InChI=1S/C18H34N2/c1-18(2,3)14-4-6-15(7-5-14)19-16-10-12-20(13-11-16)17-8-9-17/h14-17,19H,4-13H2,1-3H3. The summed E-state index contributed by atoms with van der Waals surface area (Å²) < 4.78 is 0. The Bertz CT molecular complexity index is 300. The fourth-order valence-corrected chi connectivity index (χ4v) is 4.33. The molecule has 0 unspecified atom stereocenters. The first-order valence-electron chi connectivity index (χ1n) is 9.02. The molecule has 0 aromatic carbocycles. The SMILES string of the molecule is CC(C)(C)C1CCC(NC2CCN(C3CC3)CC2)CC1. The van der Waals surface area contributed by atoms with Gasteiger partial charge in [0.2, 0.25) is 0 Å². The van der Waals surface area contributed by atoms with Crippen molar-refractivity contribution in [2.24, 2.45) is 11.3 Å². The Morgan fingerprint density at radius 3 is 1.80 bits per heavy atom. The Balaban J connectivity index is 1.37. The van der Waals surface area contributed by atoms with E-state index in [4.69, 9.17) is 0 Å². The van der Waals surface area contributed by atoms with E-state index >= 15 is 0 Å². The normalized spacial score (nSPS) is 34.4. The van der Waals surface area contributed by atoms with E-state index in [1.54, 1.807) is 0 Å². The van der Waals surface area contributed by atoms with Gasteiger partial charge in [0, 0.05) is 18.1 Å². The molecule has 0 spiro atoms. The van der Waals surface area contributed by atoms with E-state index in [0.717, 1.165) is 24.0 Å². The first-order valence-corrected chi connectivity index (χ1v) is 9.02. The van der Waals surface area contributed by atoms with Gasteiger partial charge in [-0.2, -0.15) is 0 Å². The second-order valence-corrected chi connectivity index (χ2v) is 8.62. The maximum atomic E-state index is 3.98. The van der Waals surface area contributed by atoms with Crippen LogP contribution in [0.4, 0.5) is 0 Å². The van der Waals surface area contributed by atoms with Crippen LogP contribution in [0.25, 0.3) is 0 Å². The number of hydrogen-bond donors (Lipinski definition) is 1. The van der Waals surface area contributed by atoms with Crippen molar-refractivity contribution in [1.29, 1.82) is 0 Å². The van der Waals surface area contributed by atoms with Gasteiger partial charge in [0.05, 0.1) is 0 Å². The molecule has 20 heavy (non-hydrogen) atoms. The maximum Gasteiger partial charge on any atom is 0.00964 e. The van der Waals surface area contributed by atoms with Crippen LogP contribution in [0, 0.1) is 11.3 Å². The van der Waals surface area contributed by atoms with Crippen molar-refractivity contribution in [1.82, 2.24) is 10.2 Å². The molecule has 1 aliphatic heterocycles. The highest BCUT2D eigenvalue weighted by molar-refractivity contribution is 4.91. The number of rotatable bonds is 3. The van der Waals surface area contributed by atoms with Gasteiger partial charge in [-0.3, -0.25) is 0 Å². The summed E-state index contributed by atoms with van der Waals surface area (Å²) in [7, 11) is 0. The van der Waals surface area contributed by atoms with E-state index in [2.05, 4.69) is 31.0 Å². The topological polar surface area (TPSA) is 15.3 Å². The maximum absolute atomic E-state index is 3.98. The molecule has 2 nitrogen and oxygen atoms in total. The number of nitrogens with one attached hydrogen (secondary N) is 1. The zero-order valence-electron chi connectivity index (χ0n) is 13.8. The summed E-state index contributed by atoms with van der Waals surface area (Å²) in [6, 6.07) is 2.59. The summed E-state index contributed by atoms with van der Waals surface area (Å²) in [6.45, 7) is 9.94. The fraction of sp³-hybridized carbons (Fsp3) is 1.00. The number of likely N-dealkylation sites (tertiary alicyclic amines) is 1. The van der Waals surface area contributed by atoms with Crippen LogP contribution in [0.1, 0.15) is 72.1 Å². The summed E-state index contributed by atoms with van der Waals surface area (Å²) in [5, 5.41) is 3.98. The lowest BCUT2D eigenvalue weighted by Gasteiger charge is -2.40. The largest absolute Gasteiger partial charge is 0.311 e.